The Balaban J connectivity index is 1.36. The Hall–Kier alpha value is -3.05. The van der Waals surface area contributed by atoms with Crippen molar-refractivity contribution in [3.8, 4) is 6.07 Å². The minimum atomic E-state index is -0.193. The van der Waals surface area contributed by atoms with Gasteiger partial charge in [0.25, 0.3) is 5.91 Å². The smallest absolute Gasteiger partial charge is 0.256 e. The van der Waals surface area contributed by atoms with Crippen LogP contribution in [0.15, 0.2) is 54.0 Å². The maximum Gasteiger partial charge on any atom is 0.256 e. The summed E-state index contributed by atoms with van der Waals surface area (Å²) >= 11 is 3.03. The minimum absolute atomic E-state index is 0.193. The molecule has 2 aromatic carbocycles. The van der Waals surface area contributed by atoms with Gasteiger partial charge in [0.05, 0.1) is 21.3 Å². The molecule has 1 N–H and O–H groups in total. The number of benzene rings is 2. The monoisotopic (exact) mass is 430 g/mol. The zero-order valence-corrected chi connectivity index (χ0v) is 17.7. The fourth-order valence-electron chi connectivity index (χ4n) is 3.81. The van der Waals surface area contributed by atoms with Gasteiger partial charge in [-0.2, -0.15) is 5.26 Å². The number of carbonyl (C=O) groups is 1. The number of rotatable bonds is 4. The molecule has 148 valence electrons. The van der Waals surface area contributed by atoms with E-state index in [1.807, 2.05) is 18.2 Å². The molecule has 5 nitrogen and oxygen atoms in total. The quantitative estimate of drug-likeness (QED) is 0.492. The van der Waals surface area contributed by atoms with Crippen molar-refractivity contribution < 1.29 is 4.79 Å². The van der Waals surface area contributed by atoms with Gasteiger partial charge in [-0.3, -0.25) is 9.69 Å². The lowest BCUT2D eigenvalue weighted by Gasteiger charge is -2.26. The zero-order valence-electron chi connectivity index (χ0n) is 16.1. The summed E-state index contributed by atoms with van der Waals surface area (Å²) in [4.78, 5) is 20.6. The highest BCUT2D eigenvalue weighted by Crippen LogP contribution is 2.37. The molecule has 7 heteroatoms. The van der Waals surface area contributed by atoms with Crippen LogP contribution >= 0.6 is 22.7 Å². The number of carbonyl (C=O) groups excluding carboxylic acids is 1. The highest BCUT2D eigenvalue weighted by atomic mass is 32.1. The van der Waals surface area contributed by atoms with E-state index in [0.29, 0.717) is 16.1 Å². The van der Waals surface area contributed by atoms with E-state index in [9.17, 15) is 10.1 Å². The maximum atomic E-state index is 12.8. The van der Waals surface area contributed by atoms with E-state index in [2.05, 4.69) is 45.5 Å². The number of nitriles is 1. The molecule has 1 aliphatic heterocycles. The number of hydrogen-bond donors (Lipinski definition) is 1. The van der Waals surface area contributed by atoms with Crippen LogP contribution in [0.3, 0.4) is 0 Å². The van der Waals surface area contributed by atoms with Crippen molar-refractivity contribution in [2.75, 3.05) is 11.9 Å². The van der Waals surface area contributed by atoms with Crippen LogP contribution in [0.1, 0.15) is 31.9 Å². The van der Waals surface area contributed by atoms with Gasteiger partial charge in [-0.1, -0.05) is 30.3 Å². The number of anilines is 1. The van der Waals surface area contributed by atoms with Crippen molar-refractivity contribution in [3.05, 3.63) is 81.2 Å². The number of thiophene rings is 1. The Labute approximate surface area is 182 Å². The lowest BCUT2D eigenvalue weighted by atomic mass is 10.0. The molecule has 0 saturated heterocycles. The third-order valence-corrected chi connectivity index (χ3v) is 7.24. The first kappa shape index (κ1) is 18.9. The summed E-state index contributed by atoms with van der Waals surface area (Å²) in [6.45, 7) is 2.59. The molecule has 0 unspecified atom stereocenters. The fourth-order valence-corrected chi connectivity index (χ4v) is 5.76. The van der Waals surface area contributed by atoms with Gasteiger partial charge in [0.2, 0.25) is 0 Å². The molecule has 1 aliphatic rings. The van der Waals surface area contributed by atoms with Crippen molar-refractivity contribution in [2.45, 2.75) is 19.5 Å². The summed E-state index contributed by atoms with van der Waals surface area (Å²) in [6.07, 6.45) is 0.824. The standard InChI is InChI=1S/C23H18N4OS2/c24-11-18-17-8-9-27(12-15-4-2-1-3-5-15)13-21(17)30-23(18)26-22(28)16-6-7-19-20(10-16)29-14-25-19/h1-7,10,14H,8-9,12-13H2,(H,26,28). The second kappa shape index (κ2) is 8.00. The van der Waals surface area contributed by atoms with Crippen molar-refractivity contribution in [1.82, 2.24) is 9.88 Å². The van der Waals surface area contributed by atoms with Gasteiger partial charge in [-0.05, 0) is 35.7 Å². The summed E-state index contributed by atoms with van der Waals surface area (Å²) in [5.41, 5.74) is 6.22. The molecule has 1 amide bonds. The van der Waals surface area contributed by atoms with Gasteiger partial charge < -0.3 is 5.32 Å². The van der Waals surface area contributed by atoms with E-state index in [1.165, 1.54) is 33.1 Å². The lowest BCUT2D eigenvalue weighted by Crippen LogP contribution is -2.29. The first-order chi connectivity index (χ1) is 14.7. The Bertz CT molecular complexity index is 1270. The lowest BCUT2D eigenvalue weighted by molar-refractivity contribution is 0.102. The summed E-state index contributed by atoms with van der Waals surface area (Å²) in [5.74, 6) is -0.193. The van der Waals surface area contributed by atoms with Crippen molar-refractivity contribution in [2.24, 2.45) is 0 Å². The number of nitrogens with one attached hydrogen (secondary N) is 1. The number of nitrogens with zero attached hydrogens (tertiary/aromatic N) is 3. The number of hydrogen-bond acceptors (Lipinski definition) is 6. The van der Waals surface area contributed by atoms with Crippen LogP contribution in [0, 0.1) is 11.3 Å². The molecule has 0 fully saturated rings. The van der Waals surface area contributed by atoms with Gasteiger partial charge in [0, 0.05) is 30.1 Å². The van der Waals surface area contributed by atoms with Gasteiger partial charge in [-0.15, -0.1) is 22.7 Å². The molecule has 0 atom stereocenters. The molecule has 5 rings (SSSR count). The maximum absolute atomic E-state index is 12.8. The Kier molecular flexibility index (Phi) is 5.05. The topological polar surface area (TPSA) is 69.0 Å². The fraction of sp³-hybridized carbons (Fsp3) is 0.174. The molecule has 2 aromatic heterocycles. The summed E-state index contributed by atoms with van der Waals surface area (Å²) in [5, 5.41) is 13.4. The SMILES string of the molecule is N#Cc1c(NC(=O)c2ccc3ncsc3c2)sc2c1CCN(Cc1ccccc1)C2. The predicted octanol–water partition coefficient (Wildman–Crippen LogP) is 5.04. The van der Waals surface area contributed by atoms with E-state index in [4.69, 9.17) is 0 Å². The van der Waals surface area contributed by atoms with Crippen LogP contribution in [-0.4, -0.2) is 22.3 Å². The molecule has 30 heavy (non-hydrogen) atoms. The number of thiazole rings is 1. The van der Waals surface area contributed by atoms with E-state index in [-0.39, 0.29) is 5.91 Å². The Morgan fingerprint density at radius 2 is 2.10 bits per heavy atom. The van der Waals surface area contributed by atoms with Crippen LogP contribution in [-0.2, 0) is 19.5 Å². The summed E-state index contributed by atoms with van der Waals surface area (Å²) < 4.78 is 0.977. The van der Waals surface area contributed by atoms with Crippen LogP contribution in [0.25, 0.3) is 10.2 Å². The van der Waals surface area contributed by atoms with E-state index >= 15 is 0 Å². The summed E-state index contributed by atoms with van der Waals surface area (Å²) in [7, 11) is 0. The normalized spacial score (nSPS) is 13.7. The van der Waals surface area contributed by atoms with E-state index < -0.39 is 0 Å². The molecular weight excluding hydrogens is 412 g/mol. The predicted molar refractivity (Wildman–Crippen MR) is 121 cm³/mol. The van der Waals surface area contributed by atoms with Gasteiger partial charge >= 0.3 is 0 Å². The third-order valence-electron chi connectivity index (χ3n) is 5.32. The second-order valence-electron chi connectivity index (χ2n) is 7.25. The molecule has 0 saturated carbocycles. The number of amides is 1. The van der Waals surface area contributed by atoms with Gasteiger partial charge in [0.1, 0.15) is 11.1 Å². The van der Waals surface area contributed by atoms with Crippen LogP contribution in [0.5, 0.6) is 0 Å². The third kappa shape index (κ3) is 3.61. The average molecular weight is 431 g/mol. The zero-order chi connectivity index (χ0) is 20.5. The molecule has 0 radical (unpaired) electrons. The largest absolute Gasteiger partial charge is 0.312 e. The molecule has 4 aromatic rings. The highest BCUT2D eigenvalue weighted by Gasteiger charge is 2.25. The Morgan fingerprint density at radius 3 is 2.93 bits per heavy atom. The van der Waals surface area contributed by atoms with Crippen LogP contribution in [0.4, 0.5) is 5.00 Å². The number of fused-ring (bicyclic) bond motifs is 2. The van der Waals surface area contributed by atoms with Crippen molar-refractivity contribution >= 4 is 43.8 Å². The van der Waals surface area contributed by atoms with E-state index in [1.54, 1.807) is 11.6 Å². The molecule has 0 bridgehead atoms. The van der Waals surface area contributed by atoms with E-state index in [0.717, 1.165) is 41.8 Å². The first-order valence-corrected chi connectivity index (χ1v) is 11.4. The Morgan fingerprint density at radius 1 is 1.23 bits per heavy atom. The van der Waals surface area contributed by atoms with Crippen molar-refractivity contribution in [1.29, 1.82) is 5.26 Å². The molecule has 0 spiro atoms. The van der Waals surface area contributed by atoms with Crippen LogP contribution in [0.2, 0.25) is 0 Å². The molecular formula is C23H18N4OS2. The molecule has 3 heterocycles. The number of aromatic nitrogens is 1. The first-order valence-electron chi connectivity index (χ1n) is 9.67. The minimum Gasteiger partial charge on any atom is -0.312 e. The summed E-state index contributed by atoms with van der Waals surface area (Å²) in [6, 6.07) is 18.2. The highest BCUT2D eigenvalue weighted by molar-refractivity contribution is 7.17. The van der Waals surface area contributed by atoms with Crippen molar-refractivity contribution in [3.63, 3.8) is 0 Å². The average Bonchev–Trinajstić information content (AvgIpc) is 3.37. The van der Waals surface area contributed by atoms with Crippen LogP contribution < -0.4 is 5.32 Å². The molecule has 0 aliphatic carbocycles. The van der Waals surface area contributed by atoms with Gasteiger partial charge in [0.15, 0.2) is 0 Å². The second-order valence-corrected chi connectivity index (χ2v) is 9.25. The van der Waals surface area contributed by atoms with Gasteiger partial charge in [-0.25, -0.2) is 4.98 Å².